The van der Waals surface area contributed by atoms with E-state index in [1.165, 1.54) is 12.1 Å². The van der Waals surface area contributed by atoms with Crippen LogP contribution < -0.4 is 10.3 Å². The van der Waals surface area contributed by atoms with Crippen LogP contribution in [0.15, 0.2) is 29.4 Å². The molecule has 5 rings (SSSR count). The molecule has 1 N–H and O–H groups in total. The molecule has 158 valence electrons. The molecule has 0 aromatic heterocycles. The maximum Gasteiger partial charge on any atom is 0.301 e. The van der Waals surface area contributed by atoms with E-state index in [1.54, 1.807) is 0 Å². The number of non-ortho nitro benzene ring substituents is 1. The lowest BCUT2D eigenvalue weighted by Gasteiger charge is -2.38. The van der Waals surface area contributed by atoms with E-state index in [4.69, 9.17) is 0 Å². The van der Waals surface area contributed by atoms with Crippen LogP contribution >= 0.6 is 0 Å². The molecule has 10 nitrogen and oxygen atoms in total. The molecule has 31 heavy (non-hydrogen) atoms. The summed E-state index contributed by atoms with van der Waals surface area (Å²) in [5.41, 5.74) is 7.88. The number of hydrogen-bond acceptors (Lipinski definition) is 8. The van der Waals surface area contributed by atoms with Gasteiger partial charge in [-0.05, 0) is 42.5 Å². The standard InChI is InChI=1S/C21H19N5O5/c27-19-6-4-14-15(19)10-12-2-1-8-24-9-7-17(20(14)21(12)24)23-22-16-5-3-13(25(28)29)11-18(16)26(30)31/h3,5,10-11,22H,1-2,4,6-9H2/b23-17+. The van der Waals surface area contributed by atoms with Crippen molar-refractivity contribution < 1.29 is 14.6 Å². The van der Waals surface area contributed by atoms with Crippen LogP contribution in [0.2, 0.25) is 0 Å². The highest BCUT2D eigenvalue weighted by Gasteiger charge is 2.34. The highest BCUT2D eigenvalue weighted by molar-refractivity contribution is 6.13. The molecule has 2 aliphatic heterocycles. The van der Waals surface area contributed by atoms with E-state index in [0.717, 1.165) is 65.7 Å². The van der Waals surface area contributed by atoms with Gasteiger partial charge in [0.15, 0.2) is 5.78 Å². The van der Waals surface area contributed by atoms with Crippen molar-refractivity contribution in [2.75, 3.05) is 23.4 Å². The number of nitro benzene ring substituents is 2. The van der Waals surface area contributed by atoms with Crippen LogP contribution in [0.5, 0.6) is 0 Å². The van der Waals surface area contributed by atoms with Crippen LogP contribution in [-0.4, -0.2) is 34.4 Å². The van der Waals surface area contributed by atoms with Crippen molar-refractivity contribution >= 4 is 34.2 Å². The fourth-order valence-corrected chi connectivity index (χ4v) is 4.79. The summed E-state index contributed by atoms with van der Waals surface area (Å²) in [6, 6.07) is 5.46. The van der Waals surface area contributed by atoms with Crippen molar-refractivity contribution in [3.05, 3.63) is 66.7 Å². The Labute approximate surface area is 176 Å². The smallest absolute Gasteiger partial charge is 0.301 e. The maximum atomic E-state index is 12.4. The molecule has 0 bridgehead atoms. The molecular formula is C21H19N5O5. The van der Waals surface area contributed by atoms with Gasteiger partial charge in [0.1, 0.15) is 5.69 Å². The summed E-state index contributed by atoms with van der Waals surface area (Å²) in [4.78, 5) is 35.8. The van der Waals surface area contributed by atoms with E-state index in [9.17, 15) is 25.0 Å². The van der Waals surface area contributed by atoms with Crippen molar-refractivity contribution in [3.8, 4) is 0 Å². The van der Waals surface area contributed by atoms with Gasteiger partial charge < -0.3 is 4.90 Å². The van der Waals surface area contributed by atoms with Crippen LogP contribution in [0.4, 0.5) is 22.7 Å². The van der Waals surface area contributed by atoms with Crippen LogP contribution in [-0.2, 0) is 12.8 Å². The lowest BCUT2D eigenvalue weighted by atomic mass is 9.85. The zero-order chi connectivity index (χ0) is 21.7. The summed E-state index contributed by atoms with van der Waals surface area (Å²) in [5.74, 6) is 0.148. The Morgan fingerprint density at radius 3 is 2.61 bits per heavy atom. The third-order valence-corrected chi connectivity index (χ3v) is 6.19. The number of rotatable bonds is 4. The molecule has 2 aromatic carbocycles. The predicted molar refractivity (Wildman–Crippen MR) is 114 cm³/mol. The number of nitro groups is 2. The predicted octanol–water partition coefficient (Wildman–Crippen LogP) is 3.60. The Morgan fingerprint density at radius 1 is 1.00 bits per heavy atom. The van der Waals surface area contributed by atoms with Gasteiger partial charge >= 0.3 is 5.69 Å². The molecule has 0 spiro atoms. The minimum Gasteiger partial charge on any atom is -0.370 e. The average Bonchev–Trinajstić information content (AvgIpc) is 3.13. The Bertz CT molecular complexity index is 1190. The topological polar surface area (TPSA) is 131 Å². The van der Waals surface area contributed by atoms with E-state index in [-0.39, 0.29) is 17.2 Å². The number of hydrazone groups is 1. The van der Waals surface area contributed by atoms with Crippen LogP contribution in [0.25, 0.3) is 0 Å². The number of benzene rings is 2. The van der Waals surface area contributed by atoms with E-state index < -0.39 is 15.5 Å². The zero-order valence-corrected chi connectivity index (χ0v) is 16.6. The summed E-state index contributed by atoms with van der Waals surface area (Å²) in [7, 11) is 0. The maximum absolute atomic E-state index is 12.4. The number of hydrogen-bond donors (Lipinski definition) is 1. The van der Waals surface area contributed by atoms with Crippen molar-refractivity contribution in [2.24, 2.45) is 5.10 Å². The van der Waals surface area contributed by atoms with Crippen molar-refractivity contribution in [2.45, 2.75) is 32.1 Å². The number of nitrogens with one attached hydrogen (secondary N) is 1. The minimum absolute atomic E-state index is 0.0862. The third-order valence-electron chi connectivity index (χ3n) is 6.19. The fraction of sp³-hybridized carbons (Fsp3) is 0.333. The molecule has 10 heteroatoms. The molecule has 1 aliphatic carbocycles. The Hall–Kier alpha value is -3.82. The number of nitrogens with zero attached hydrogens (tertiary/aromatic N) is 4. The first-order chi connectivity index (χ1) is 14.9. The summed E-state index contributed by atoms with van der Waals surface area (Å²) in [5, 5.41) is 26.9. The Morgan fingerprint density at radius 2 is 1.84 bits per heavy atom. The molecule has 0 fully saturated rings. The van der Waals surface area contributed by atoms with Gasteiger partial charge in [0.25, 0.3) is 5.69 Å². The Kier molecular flexibility index (Phi) is 4.42. The summed E-state index contributed by atoms with van der Waals surface area (Å²) >= 11 is 0. The first-order valence-electron chi connectivity index (χ1n) is 10.2. The number of carbonyl (C=O) groups is 1. The molecular weight excluding hydrogens is 402 g/mol. The molecule has 0 atom stereocenters. The number of carbonyl (C=O) groups excluding carboxylic acids is 1. The highest BCUT2D eigenvalue weighted by atomic mass is 16.6. The van der Waals surface area contributed by atoms with Crippen molar-refractivity contribution in [3.63, 3.8) is 0 Å². The first kappa shape index (κ1) is 19.2. The fourth-order valence-electron chi connectivity index (χ4n) is 4.79. The number of aryl methyl sites for hydroxylation is 1. The second-order valence-electron chi connectivity index (χ2n) is 7.94. The zero-order valence-electron chi connectivity index (χ0n) is 16.6. The molecule has 0 saturated heterocycles. The highest BCUT2D eigenvalue weighted by Crippen LogP contribution is 2.42. The summed E-state index contributed by atoms with van der Waals surface area (Å²) < 4.78 is 0. The summed E-state index contributed by atoms with van der Waals surface area (Å²) in [6.07, 6.45) is 3.75. The lowest BCUT2D eigenvalue weighted by Crippen LogP contribution is -2.37. The molecule has 0 amide bonds. The van der Waals surface area contributed by atoms with Crippen molar-refractivity contribution in [1.29, 1.82) is 0 Å². The Balaban J connectivity index is 1.59. The largest absolute Gasteiger partial charge is 0.370 e. The van der Waals surface area contributed by atoms with Crippen LogP contribution in [0.3, 0.4) is 0 Å². The van der Waals surface area contributed by atoms with E-state index >= 15 is 0 Å². The third kappa shape index (κ3) is 3.11. The normalized spacial score (nSPS) is 18.0. The SMILES string of the molecule is O=C1CCc2c1cc1c3c2/C(=N/Nc2ccc([N+](=O)[O-])cc2[N+](=O)[O-])CCN3CCC1. The van der Waals surface area contributed by atoms with Crippen LogP contribution in [0, 0.1) is 20.2 Å². The van der Waals surface area contributed by atoms with Gasteiger partial charge in [-0.25, -0.2) is 0 Å². The number of Topliss-reactive ketones (excluding diaryl/α,β-unsaturated/α-hetero) is 1. The van der Waals surface area contributed by atoms with Gasteiger partial charge in [-0.1, -0.05) is 0 Å². The number of ketones is 1. The average molecular weight is 421 g/mol. The van der Waals surface area contributed by atoms with Gasteiger partial charge in [-0.15, -0.1) is 0 Å². The quantitative estimate of drug-likeness (QED) is 0.589. The number of fused-ring (bicyclic) bond motifs is 2. The molecule has 0 radical (unpaired) electrons. The van der Waals surface area contributed by atoms with Gasteiger partial charge in [0.2, 0.25) is 0 Å². The minimum atomic E-state index is -0.672. The van der Waals surface area contributed by atoms with Crippen LogP contribution in [0.1, 0.15) is 46.3 Å². The molecule has 2 aromatic rings. The number of anilines is 2. The molecule has 2 heterocycles. The monoisotopic (exact) mass is 421 g/mol. The first-order valence-corrected chi connectivity index (χ1v) is 10.2. The summed E-state index contributed by atoms with van der Waals surface area (Å²) in [6.45, 7) is 1.75. The molecule has 0 unspecified atom stereocenters. The second kappa shape index (κ2) is 7.15. The van der Waals surface area contributed by atoms with E-state index in [1.807, 2.05) is 6.07 Å². The molecule has 3 aliphatic rings. The van der Waals surface area contributed by atoms with Gasteiger partial charge in [0, 0.05) is 48.8 Å². The van der Waals surface area contributed by atoms with Gasteiger partial charge in [-0.3, -0.25) is 30.4 Å². The molecule has 0 saturated carbocycles. The van der Waals surface area contributed by atoms with Gasteiger partial charge in [0.05, 0.1) is 21.6 Å². The van der Waals surface area contributed by atoms with E-state index in [0.29, 0.717) is 19.3 Å². The van der Waals surface area contributed by atoms with Gasteiger partial charge in [-0.2, -0.15) is 5.10 Å². The van der Waals surface area contributed by atoms with Crippen molar-refractivity contribution in [1.82, 2.24) is 0 Å². The lowest BCUT2D eigenvalue weighted by molar-refractivity contribution is -0.393. The second-order valence-corrected chi connectivity index (χ2v) is 7.94. The van der Waals surface area contributed by atoms with E-state index in [2.05, 4.69) is 15.4 Å².